The minimum Gasteiger partial charge on any atom is -0.505 e. The third-order valence-corrected chi connectivity index (χ3v) is 6.33. The molecular formula is C25H32N2O7. The average Bonchev–Trinajstić information content (AvgIpc) is 3.39. The molecule has 1 unspecified atom stereocenters. The fourth-order valence-corrected chi connectivity index (χ4v) is 4.56. The highest BCUT2D eigenvalue weighted by Crippen LogP contribution is 2.38. The molecule has 0 aliphatic carbocycles. The number of aldehydes is 1. The van der Waals surface area contributed by atoms with Crippen LogP contribution < -0.4 is 14.2 Å². The second kappa shape index (κ2) is 11.3. The van der Waals surface area contributed by atoms with Crippen LogP contribution >= 0.6 is 0 Å². The Morgan fingerprint density at radius 2 is 1.76 bits per heavy atom. The summed E-state index contributed by atoms with van der Waals surface area (Å²) in [5, 5.41) is 20.3. The summed E-state index contributed by atoms with van der Waals surface area (Å²) < 4.78 is 16.1. The van der Waals surface area contributed by atoms with Gasteiger partial charge in [-0.2, -0.15) is 0 Å². The molecule has 184 valence electrons. The third-order valence-electron chi connectivity index (χ3n) is 6.33. The van der Waals surface area contributed by atoms with Gasteiger partial charge in [0.2, 0.25) is 0 Å². The van der Waals surface area contributed by atoms with Gasteiger partial charge < -0.3 is 24.4 Å². The molecule has 9 nitrogen and oxygen atoms in total. The van der Waals surface area contributed by atoms with Gasteiger partial charge in [-0.25, -0.2) is 0 Å². The van der Waals surface area contributed by atoms with Crippen molar-refractivity contribution < 1.29 is 34.0 Å². The molecule has 0 bridgehead atoms. The number of carbonyl (C=O) groups is 2. The number of ketones is 1. The number of rotatable bonds is 11. The van der Waals surface area contributed by atoms with Gasteiger partial charge in [0.1, 0.15) is 28.6 Å². The lowest BCUT2D eigenvalue weighted by Crippen LogP contribution is -2.29. The van der Waals surface area contributed by atoms with Crippen LogP contribution in [0.2, 0.25) is 0 Å². The molecule has 9 heteroatoms. The van der Waals surface area contributed by atoms with E-state index in [9.17, 15) is 19.8 Å². The minimum absolute atomic E-state index is 0.0408. The summed E-state index contributed by atoms with van der Waals surface area (Å²) in [6.45, 7) is 2.81. The molecule has 1 aromatic carbocycles. The maximum absolute atomic E-state index is 13.4. The van der Waals surface area contributed by atoms with E-state index in [0.29, 0.717) is 52.5 Å². The molecule has 2 N–H and O–H groups in total. The monoisotopic (exact) mass is 472 g/mol. The number of aryl methyl sites for hydroxylation is 1. The van der Waals surface area contributed by atoms with Gasteiger partial charge in [0, 0.05) is 24.1 Å². The summed E-state index contributed by atoms with van der Waals surface area (Å²) in [6.07, 6.45) is 3.12. The van der Waals surface area contributed by atoms with Gasteiger partial charge >= 0.3 is 0 Å². The van der Waals surface area contributed by atoms with Gasteiger partial charge in [-0.05, 0) is 39.3 Å². The summed E-state index contributed by atoms with van der Waals surface area (Å²) in [5.74, 6) is 0.829. The van der Waals surface area contributed by atoms with Gasteiger partial charge in [-0.15, -0.1) is 0 Å². The summed E-state index contributed by atoms with van der Waals surface area (Å²) in [7, 11) is 4.49. The number of aromatic hydroxyl groups is 1. The number of pyridine rings is 1. The Balaban J connectivity index is 1.98. The maximum Gasteiger partial charge on any atom is 0.170 e. The lowest BCUT2D eigenvalue weighted by molar-refractivity contribution is 0.0956. The minimum atomic E-state index is -0.442. The standard InChI is InChI=1S/C25H32N2O7/c1-15-25(31)18(14-29)17(13-28)24(26-15)19(27-9-5-6-10-27)7-8-20(30)23-21(33-3)11-16(32-2)12-22(23)34-4/h11-12,14,19,28,31H,5-10,13H2,1-4H3. The molecule has 2 aromatic rings. The van der Waals surface area contributed by atoms with Gasteiger partial charge in [0.15, 0.2) is 12.1 Å². The molecule has 0 saturated carbocycles. The fourth-order valence-electron chi connectivity index (χ4n) is 4.56. The first-order valence-electron chi connectivity index (χ1n) is 11.3. The predicted molar refractivity (Wildman–Crippen MR) is 125 cm³/mol. The van der Waals surface area contributed by atoms with Crippen molar-refractivity contribution in [3.63, 3.8) is 0 Å². The van der Waals surface area contributed by atoms with Crippen molar-refractivity contribution in [1.82, 2.24) is 9.88 Å². The molecule has 1 aromatic heterocycles. The number of Topliss-reactive ketones (excluding diaryl/α,β-unsaturated/α-hetero) is 1. The second-order valence-electron chi connectivity index (χ2n) is 8.23. The molecular weight excluding hydrogens is 440 g/mol. The Morgan fingerprint density at radius 3 is 2.26 bits per heavy atom. The number of carbonyl (C=O) groups excluding carboxylic acids is 2. The van der Waals surface area contributed by atoms with Crippen LogP contribution in [0.5, 0.6) is 23.0 Å². The Morgan fingerprint density at radius 1 is 1.15 bits per heavy atom. The average molecular weight is 473 g/mol. The number of methoxy groups -OCH3 is 3. The van der Waals surface area contributed by atoms with Crippen LogP contribution in [0.3, 0.4) is 0 Å². The highest BCUT2D eigenvalue weighted by molar-refractivity contribution is 6.01. The van der Waals surface area contributed by atoms with E-state index < -0.39 is 6.61 Å². The zero-order valence-electron chi connectivity index (χ0n) is 20.1. The molecule has 34 heavy (non-hydrogen) atoms. The first kappa shape index (κ1) is 25.5. The topological polar surface area (TPSA) is 118 Å². The van der Waals surface area contributed by atoms with Crippen LogP contribution in [-0.4, -0.2) is 66.6 Å². The van der Waals surface area contributed by atoms with E-state index in [4.69, 9.17) is 14.2 Å². The third kappa shape index (κ3) is 5.00. The van der Waals surface area contributed by atoms with Crippen LogP contribution in [0.4, 0.5) is 0 Å². The van der Waals surface area contributed by atoms with Crippen molar-refractivity contribution in [2.24, 2.45) is 0 Å². The van der Waals surface area contributed by atoms with Crippen molar-refractivity contribution in [2.75, 3.05) is 34.4 Å². The predicted octanol–water partition coefficient (Wildman–Crippen LogP) is 3.23. The summed E-state index contributed by atoms with van der Waals surface area (Å²) >= 11 is 0. The van der Waals surface area contributed by atoms with E-state index >= 15 is 0 Å². The first-order valence-corrected chi connectivity index (χ1v) is 11.3. The fraction of sp³-hybridized carbons (Fsp3) is 0.480. The van der Waals surface area contributed by atoms with Gasteiger partial charge in [-0.3, -0.25) is 19.5 Å². The quantitative estimate of drug-likeness (QED) is 0.375. The molecule has 1 aliphatic heterocycles. The highest BCUT2D eigenvalue weighted by atomic mass is 16.5. The van der Waals surface area contributed by atoms with Crippen LogP contribution in [-0.2, 0) is 6.61 Å². The molecule has 1 atom stereocenters. The Labute approximate surface area is 199 Å². The van der Waals surface area contributed by atoms with Crippen LogP contribution in [0, 0.1) is 6.92 Å². The number of benzene rings is 1. The van der Waals surface area contributed by atoms with Crippen molar-refractivity contribution in [3.05, 3.63) is 40.2 Å². The lowest BCUT2D eigenvalue weighted by Gasteiger charge is -2.29. The van der Waals surface area contributed by atoms with Crippen molar-refractivity contribution >= 4 is 12.1 Å². The molecule has 3 rings (SSSR count). The first-order chi connectivity index (χ1) is 16.4. The summed E-state index contributed by atoms with van der Waals surface area (Å²) in [5.41, 5.74) is 1.49. The van der Waals surface area contributed by atoms with Crippen molar-refractivity contribution in [2.45, 2.75) is 45.3 Å². The Hall–Kier alpha value is -3.17. The Kier molecular flexibility index (Phi) is 8.46. The van der Waals surface area contributed by atoms with E-state index in [2.05, 4.69) is 9.88 Å². The number of aliphatic hydroxyl groups excluding tert-OH is 1. The van der Waals surface area contributed by atoms with E-state index in [0.717, 1.165) is 25.9 Å². The lowest BCUT2D eigenvalue weighted by atomic mass is 9.94. The molecule has 0 spiro atoms. The van der Waals surface area contributed by atoms with E-state index in [1.54, 1.807) is 19.1 Å². The van der Waals surface area contributed by atoms with Gasteiger partial charge in [0.25, 0.3) is 0 Å². The number of ether oxygens (including phenoxy) is 3. The summed E-state index contributed by atoms with van der Waals surface area (Å²) in [6, 6.07) is 2.97. The number of nitrogens with zero attached hydrogens (tertiary/aromatic N) is 2. The maximum atomic E-state index is 13.4. The molecule has 2 heterocycles. The van der Waals surface area contributed by atoms with Gasteiger partial charge in [0.05, 0.1) is 50.9 Å². The largest absolute Gasteiger partial charge is 0.505 e. The SMILES string of the molecule is COc1cc(OC)c(C(=O)CCC(c2nc(C)c(O)c(C=O)c2CO)N2CCCC2)c(OC)c1. The zero-order chi connectivity index (χ0) is 24.8. The number of aromatic nitrogens is 1. The van der Waals surface area contributed by atoms with E-state index in [1.807, 2.05) is 0 Å². The number of likely N-dealkylation sites (tertiary alicyclic amines) is 1. The number of aliphatic hydroxyl groups is 1. The van der Waals surface area contributed by atoms with Crippen molar-refractivity contribution in [3.8, 4) is 23.0 Å². The highest BCUT2D eigenvalue weighted by Gasteiger charge is 2.31. The van der Waals surface area contributed by atoms with Crippen LogP contribution in [0.15, 0.2) is 12.1 Å². The number of hydrogen-bond acceptors (Lipinski definition) is 9. The molecule has 1 saturated heterocycles. The number of hydrogen-bond donors (Lipinski definition) is 2. The summed E-state index contributed by atoms with van der Waals surface area (Å²) in [4.78, 5) is 31.8. The van der Waals surface area contributed by atoms with E-state index in [-0.39, 0.29) is 29.6 Å². The molecule has 0 amide bonds. The van der Waals surface area contributed by atoms with Crippen LogP contribution in [0.1, 0.15) is 69.4 Å². The van der Waals surface area contributed by atoms with Crippen LogP contribution in [0.25, 0.3) is 0 Å². The molecule has 1 aliphatic rings. The van der Waals surface area contributed by atoms with Gasteiger partial charge in [-0.1, -0.05) is 0 Å². The Bertz CT molecular complexity index is 1020. The second-order valence-corrected chi connectivity index (χ2v) is 8.23. The molecule has 0 radical (unpaired) electrons. The smallest absolute Gasteiger partial charge is 0.170 e. The van der Waals surface area contributed by atoms with Crippen molar-refractivity contribution in [1.29, 1.82) is 0 Å². The molecule has 1 fully saturated rings. The zero-order valence-corrected chi connectivity index (χ0v) is 20.1. The van der Waals surface area contributed by atoms with E-state index in [1.165, 1.54) is 21.3 Å². The normalized spacial score (nSPS) is 14.6.